The van der Waals surface area contributed by atoms with E-state index in [0.29, 0.717) is 6.04 Å². The van der Waals surface area contributed by atoms with Crippen molar-refractivity contribution in [2.45, 2.75) is 19.4 Å². The molecule has 0 aliphatic rings. The summed E-state index contributed by atoms with van der Waals surface area (Å²) in [5.41, 5.74) is 1.45. The van der Waals surface area contributed by atoms with E-state index in [1.54, 1.807) is 0 Å². The van der Waals surface area contributed by atoms with E-state index >= 15 is 0 Å². The van der Waals surface area contributed by atoms with Gasteiger partial charge in [0, 0.05) is 10.7 Å². The van der Waals surface area contributed by atoms with Gasteiger partial charge in [-0.15, -0.1) is 23.7 Å². The fourth-order valence-electron chi connectivity index (χ4n) is 1.67. The third-order valence-electron chi connectivity index (χ3n) is 2.61. The van der Waals surface area contributed by atoms with Gasteiger partial charge >= 0.3 is 0 Å². The standard InChI is InChI=1S/C12H15NS.ClH/c1-9(13-2)8-10-4-3-5-12-11(10)6-7-14-12;/h3-7,9,13H,8H2,1-2H3;1H. The molecule has 82 valence electrons. The van der Waals surface area contributed by atoms with Gasteiger partial charge in [-0.1, -0.05) is 12.1 Å². The topological polar surface area (TPSA) is 12.0 Å². The minimum atomic E-state index is 0. The Labute approximate surface area is 101 Å². The van der Waals surface area contributed by atoms with Gasteiger partial charge in [0.15, 0.2) is 0 Å². The van der Waals surface area contributed by atoms with Crippen molar-refractivity contribution in [1.82, 2.24) is 5.32 Å². The molecule has 1 aromatic heterocycles. The maximum atomic E-state index is 3.27. The van der Waals surface area contributed by atoms with Crippen molar-refractivity contribution < 1.29 is 0 Å². The summed E-state index contributed by atoms with van der Waals surface area (Å²) in [7, 11) is 2.01. The fourth-order valence-corrected chi connectivity index (χ4v) is 2.50. The average Bonchev–Trinajstić information content (AvgIpc) is 2.66. The first-order valence-electron chi connectivity index (χ1n) is 4.93. The second-order valence-corrected chi connectivity index (χ2v) is 4.59. The van der Waals surface area contributed by atoms with E-state index in [0.717, 1.165) is 6.42 Å². The quantitative estimate of drug-likeness (QED) is 0.868. The van der Waals surface area contributed by atoms with Crippen molar-refractivity contribution in [3.05, 3.63) is 35.2 Å². The second kappa shape index (κ2) is 5.50. The minimum absolute atomic E-state index is 0. The Morgan fingerprint density at radius 1 is 1.33 bits per heavy atom. The van der Waals surface area contributed by atoms with Crippen LogP contribution >= 0.6 is 23.7 Å². The van der Waals surface area contributed by atoms with Crippen LogP contribution in [0.5, 0.6) is 0 Å². The SMILES string of the molecule is CNC(C)Cc1cccc2sccc12.Cl. The lowest BCUT2D eigenvalue weighted by atomic mass is 10.0. The average molecular weight is 242 g/mol. The molecule has 0 bridgehead atoms. The molecule has 2 aromatic rings. The van der Waals surface area contributed by atoms with Crippen LogP contribution in [0.4, 0.5) is 0 Å². The van der Waals surface area contributed by atoms with Crippen molar-refractivity contribution in [2.24, 2.45) is 0 Å². The third-order valence-corrected chi connectivity index (χ3v) is 3.49. The first-order chi connectivity index (χ1) is 6.81. The lowest BCUT2D eigenvalue weighted by molar-refractivity contribution is 0.610. The highest BCUT2D eigenvalue weighted by atomic mass is 35.5. The molecule has 0 aliphatic carbocycles. The molecule has 1 nitrogen and oxygen atoms in total. The zero-order valence-corrected chi connectivity index (χ0v) is 10.6. The zero-order chi connectivity index (χ0) is 9.97. The van der Waals surface area contributed by atoms with Gasteiger partial charge in [-0.3, -0.25) is 0 Å². The first kappa shape index (κ1) is 12.5. The number of nitrogens with one attached hydrogen (secondary N) is 1. The number of benzene rings is 1. The van der Waals surface area contributed by atoms with Crippen molar-refractivity contribution in [3.63, 3.8) is 0 Å². The Bertz CT molecular complexity index is 424. The summed E-state index contributed by atoms with van der Waals surface area (Å²) in [6.45, 7) is 2.21. The molecular formula is C12H16ClNS. The van der Waals surface area contributed by atoms with E-state index in [1.807, 2.05) is 18.4 Å². The molecule has 0 spiro atoms. The molecule has 1 heterocycles. The van der Waals surface area contributed by atoms with Crippen LogP contribution < -0.4 is 5.32 Å². The number of fused-ring (bicyclic) bond motifs is 1. The minimum Gasteiger partial charge on any atom is -0.317 e. The maximum Gasteiger partial charge on any atom is 0.0345 e. The molecule has 1 atom stereocenters. The molecule has 0 fully saturated rings. The molecule has 0 saturated carbocycles. The molecule has 0 amide bonds. The van der Waals surface area contributed by atoms with Crippen LogP contribution in [0.3, 0.4) is 0 Å². The van der Waals surface area contributed by atoms with Gasteiger partial charge in [0.25, 0.3) is 0 Å². The van der Waals surface area contributed by atoms with Gasteiger partial charge in [-0.25, -0.2) is 0 Å². The molecule has 15 heavy (non-hydrogen) atoms. The first-order valence-corrected chi connectivity index (χ1v) is 5.81. The Morgan fingerprint density at radius 3 is 2.87 bits per heavy atom. The molecule has 0 aliphatic heterocycles. The highest BCUT2D eigenvalue weighted by molar-refractivity contribution is 7.17. The summed E-state index contributed by atoms with van der Waals surface area (Å²) in [5, 5.41) is 6.85. The van der Waals surface area contributed by atoms with Gasteiger partial charge in [0.2, 0.25) is 0 Å². The number of rotatable bonds is 3. The number of thiophene rings is 1. The number of hydrogen-bond donors (Lipinski definition) is 1. The van der Waals surface area contributed by atoms with Gasteiger partial charge in [0.1, 0.15) is 0 Å². The van der Waals surface area contributed by atoms with Gasteiger partial charge in [-0.2, -0.15) is 0 Å². The molecule has 1 aromatic carbocycles. The van der Waals surface area contributed by atoms with E-state index in [1.165, 1.54) is 15.6 Å². The highest BCUT2D eigenvalue weighted by Crippen LogP contribution is 2.24. The van der Waals surface area contributed by atoms with E-state index in [-0.39, 0.29) is 12.4 Å². The normalized spacial score (nSPS) is 12.4. The predicted molar refractivity (Wildman–Crippen MR) is 71.3 cm³/mol. The van der Waals surface area contributed by atoms with E-state index < -0.39 is 0 Å². The largest absolute Gasteiger partial charge is 0.317 e. The summed E-state index contributed by atoms with van der Waals surface area (Å²) in [6, 6.07) is 9.32. The zero-order valence-electron chi connectivity index (χ0n) is 8.99. The predicted octanol–water partition coefficient (Wildman–Crippen LogP) is 3.47. The molecule has 2 rings (SSSR count). The van der Waals surface area contributed by atoms with Gasteiger partial charge in [0.05, 0.1) is 0 Å². The maximum absolute atomic E-state index is 3.27. The Balaban J connectivity index is 0.00000112. The van der Waals surface area contributed by atoms with Crippen molar-refractivity contribution in [2.75, 3.05) is 7.05 Å². The Morgan fingerprint density at radius 2 is 2.13 bits per heavy atom. The number of hydrogen-bond acceptors (Lipinski definition) is 2. The highest BCUT2D eigenvalue weighted by Gasteiger charge is 2.04. The van der Waals surface area contributed by atoms with Gasteiger partial charge < -0.3 is 5.32 Å². The van der Waals surface area contributed by atoms with Crippen LogP contribution in [0.15, 0.2) is 29.6 Å². The third kappa shape index (κ3) is 2.71. The van der Waals surface area contributed by atoms with Crippen LogP contribution in [0.1, 0.15) is 12.5 Å². The van der Waals surface area contributed by atoms with Crippen LogP contribution in [0.2, 0.25) is 0 Å². The monoisotopic (exact) mass is 241 g/mol. The Kier molecular flexibility index (Phi) is 4.58. The lowest BCUT2D eigenvalue weighted by Crippen LogP contribution is -2.23. The van der Waals surface area contributed by atoms with E-state index in [9.17, 15) is 0 Å². The van der Waals surface area contributed by atoms with Crippen LogP contribution in [0, 0.1) is 0 Å². The van der Waals surface area contributed by atoms with E-state index in [2.05, 4.69) is 41.9 Å². The number of halogens is 1. The summed E-state index contributed by atoms with van der Waals surface area (Å²) in [6.07, 6.45) is 1.10. The molecule has 1 N–H and O–H groups in total. The van der Waals surface area contributed by atoms with Gasteiger partial charge in [-0.05, 0) is 48.9 Å². The molecule has 0 radical (unpaired) electrons. The Hall–Kier alpha value is -0.570. The van der Waals surface area contributed by atoms with E-state index in [4.69, 9.17) is 0 Å². The molecule has 0 saturated heterocycles. The summed E-state index contributed by atoms with van der Waals surface area (Å²) < 4.78 is 1.39. The summed E-state index contributed by atoms with van der Waals surface area (Å²) in [4.78, 5) is 0. The van der Waals surface area contributed by atoms with Crippen molar-refractivity contribution in [1.29, 1.82) is 0 Å². The van der Waals surface area contributed by atoms with Crippen LogP contribution in [-0.2, 0) is 6.42 Å². The van der Waals surface area contributed by atoms with Crippen LogP contribution in [0.25, 0.3) is 10.1 Å². The smallest absolute Gasteiger partial charge is 0.0345 e. The fraction of sp³-hybridized carbons (Fsp3) is 0.333. The molecular weight excluding hydrogens is 226 g/mol. The molecule has 1 unspecified atom stereocenters. The van der Waals surface area contributed by atoms with Crippen LogP contribution in [-0.4, -0.2) is 13.1 Å². The number of likely N-dealkylation sites (N-methyl/N-ethyl adjacent to an activating group) is 1. The lowest BCUT2D eigenvalue weighted by Gasteiger charge is -2.10. The van der Waals surface area contributed by atoms with Crippen molar-refractivity contribution in [3.8, 4) is 0 Å². The molecule has 3 heteroatoms. The summed E-state index contributed by atoms with van der Waals surface area (Å²) >= 11 is 1.82. The summed E-state index contributed by atoms with van der Waals surface area (Å²) in [5.74, 6) is 0. The second-order valence-electron chi connectivity index (χ2n) is 3.64. The van der Waals surface area contributed by atoms with Crippen molar-refractivity contribution >= 4 is 33.8 Å².